The first-order valence-corrected chi connectivity index (χ1v) is 6.38. The Morgan fingerprint density at radius 1 is 1.29 bits per heavy atom. The summed E-state index contributed by atoms with van der Waals surface area (Å²) in [5.41, 5.74) is 0.685. The summed E-state index contributed by atoms with van der Waals surface area (Å²) in [5, 5.41) is 0. The Morgan fingerprint density at radius 3 is 2.90 bits per heavy atom. The average Bonchev–Trinajstić information content (AvgIpc) is 2.98. The van der Waals surface area contributed by atoms with Crippen LogP contribution in [-0.4, -0.2) is 25.6 Å². The van der Waals surface area contributed by atoms with Crippen LogP contribution in [0.2, 0.25) is 0 Å². The number of carbonyl (C=O) groups is 2. The molecule has 0 unspecified atom stereocenters. The zero-order chi connectivity index (χ0) is 14.8. The van der Waals surface area contributed by atoms with Gasteiger partial charge in [0.05, 0.1) is 19.3 Å². The molecule has 1 aliphatic rings. The minimum absolute atomic E-state index is 0.0123. The van der Waals surface area contributed by atoms with E-state index in [-0.39, 0.29) is 24.8 Å². The van der Waals surface area contributed by atoms with E-state index in [0.717, 1.165) is 0 Å². The number of hydrogen-bond donors (Lipinski definition) is 0. The molecular weight excluding hydrogens is 274 g/mol. The van der Waals surface area contributed by atoms with E-state index in [2.05, 4.69) is 4.74 Å². The Hall–Kier alpha value is -2.76. The van der Waals surface area contributed by atoms with Gasteiger partial charge in [-0.1, -0.05) is 12.1 Å². The van der Waals surface area contributed by atoms with Gasteiger partial charge >= 0.3 is 5.97 Å². The maximum absolute atomic E-state index is 12.0. The van der Waals surface area contributed by atoms with Crippen LogP contribution in [0, 0.1) is 0 Å². The fraction of sp³-hybridized carbons (Fsp3) is 0.200. The molecule has 108 valence electrons. The van der Waals surface area contributed by atoms with Gasteiger partial charge < -0.3 is 13.9 Å². The first kappa shape index (κ1) is 13.2. The maximum atomic E-state index is 12.0. The summed E-state index contributed by atoms with van der Waals surface area (Å²) >= 11 is 0. The Balaban J connectivity index is 1.86. The predicted molar refractivity (Wildman–Crippen MR) is 73.2 cm³/mol. The van der Waals surface area contributed by atoms with Crippen LogP contribution in [-0.2, 0) is 16.1 Å². The van der Waals surface area contributed by atoms with Crippen molar-refractivity contribution < 1.29 is 23.5 Å². The average molecular weight is 287 g/mol. The van der Waals surface area contributed by atoms with Crippen molar-refractivity contribution in [2.24, 2.45) is 0 Å². The van der Waals surface area contributed by atoms with Gasteiger partial charge in [-0.25, -0.2) is 4.79 Å². The van der Waals surface area contributed by atoms with E-state index in [1.807, 2.05) is 12.1 Å². The van der Waals surface area contributed by atoms with E-state index in [0.29, 0.717) is 17.2 Å². The van der Waals surface area contributed by atoms with Crippen molar-refractivity contribution in [3.8, 4) is 5.75 Å². The lowest BCUT2D eigenvalue weighted by molar-refractivity contribution is -0.121. The summed E-state index contributed by atoms with van der Waals surface area (Å²) in [6.07, 6.45) is 0. The van der Waals surface area contributed by atoms with E-state index in [4.69, 9.17) is 9.15 Å². The lowest BCUT2D eigenvalue weighted by Crippen LogP contribution is -2.38. The number of methoxy groups -OCH3 is 1. The molecule has 0 saturated carbocycles. The molecular formula is C15H13NO5. The number of carbonyl (C=O) groups excluding carboxylic acids is 2. The number of fused-ring (bicyclic) bond motifs is 1. The van der Waals surface area contributed by atoms with Crippen LogP contribution in [0.25, 0.3) is 0 Å². The highest BCUT2D eigenvalue weighted by atomic mass is 16.5. The number of para-hydroxylation sites is 2. The molecule has 0 N–H and O–H groups in total. The topological polar surface area (TPSA) is 69.0 Å². The van der Waals surface area contributed by atoms with Crippen LogP contribution < -0.4 is 9.64 Å². The van der Waals surface area contributed by atoms with Crippen molar-refractivity contribution in [1.82, 2.24) is 0 Å². The van der Waals surface area contributed by atoms with Gasteiger partial charge in [0.25, 0.3) is 5.91 Å². The number of furan rings is 1. The predicted octanol–water partition coefficient (Wildman–Crippen LogP) is 1.99. The van der Waals surface area contributed by atoms with Crippen LogP contribution in [0.3, 0.4) is 0 Å². The molecule has 0 atom stereocenters. The first-order valence-electron chi connectivity index (χ1n) is 6.38. The lowest BCUT2D eigenvalue weighted by atomic mass is 10.2. The number of hydrogen-bond acceptors (Lipinski definition) is 5. The largest absolute Gasteiger partial charge is 0.482 e. The van der Waals surface area contributed by atoms with Gasteiger partial charge in [0.2, 0.25) is 5.76 Å². The second kappa shape index (κ2) is 5.32. The van der Waals surface area contributed by atoms with Crippen molar-refractivity contribution in [2.75, 3.05) is 18.6 Å². The number of rotatable bonds is 3. The number of anilines is 1. The SMILES string of the molecule is COC(=O)c1ccc(CN2C(=O)COc3ccccc32)o1. The molecule has 0 radical (unpaired) electrons. The zero-order valence-electron chi connectivity index (χ0n) is 11.4. The van der Waals surface area contributed by atoms with Gasteiger partial charge in [-0.05, 0) is 24.3 Å². The zero-order valence-corrected chi connectivity index (χ0v) is 11.4. The highest BCUT2D eigenvalue weighted by Crippen LogP contribution is 2.32. The third-order valence-electron chi connectivity index (χ3n) is 3.17. The molecule has 0 aliphatic carbocycles. The van der Waals surface area contributed by atoms with E-state index in [1.54, 1.807) is 23.1 Å². The number of nitrogens with zero attached hydrogens (tertiary/aromatic N) is 1. The Kier molecular flexibility index (Phi) is 3.35. The van der Waals surface area contributed by atoms with E-state index < -0.39 is 5.97 Å². The fourth-order valence-electron chi connectivity index (χ4n) is 2.16. The molecule has 1 amide bonds. The third-order valence-corrected chi connectivity index (χ3v) is 3.17. The summed E-state index contributed by atoms with van der Waals surface area (Å²) in [5.74, 6) is 0.554. The van der Waals surface area contributed by atoms with Gasteiger partial charge in [0.1, 0.15) is 11.5 Å². The molecule has 3 rings (SSSR count). The quantitative estimate of drug-likeness (QED) is 0.807. The lowest BCUT2D eigenvalue weighted by Gasteiger charge is -2.28. The molecule has 0 fully saturated rings. The van der Waals surface area contributed by atoms with Crippen LogP contribution in [0.4, 0.5) is 5.69 Å². The summed E-state index contributed by atoms with van der Waals surface area (Å²) in [4.78, 5) is 25.0. The number of amides is 1. The molecule has 6 heteroatoms. The van der Waals surface area contributed by atoms with Gasteiger partial charge in [-0.2, -0.15) is 0 Å². The monoisotopic (exact) mass is 287 g/mol. The molecule has 0 bridgehead atoms. The number of benzene rings is 1. The summed E-state index contributed by atoms with van der Waals surface area (Å²) in [7, 11) is 1.28. The van der Waals surface area contributed by atoms with Gasteiger partial charge in [-0.15, -0.1) is 0 Å². The highest BCUT2D eigenvalue weighted by Gasteiger charge is 2.26. The molecule has 0 spiro atoms. The van der Waals surface area contributed by atoms with E-state index in [9.17, 15) is 9.59 Å². The summed E-state index contributed by atoms with van der Waals surface area (Å²) in [6.45, 7) is 0.220. The molecule has 1 aliphatic heterocycles. The van der Waals surface area contributed by atoms with Gasteiger partial charge in [0.15, 0.2) is 6.61 Å². The Morgan fingerprint density at radius 2 is 2.10 bits per heavy atom. The van der Waals surface area contributed by atoms with Crippen molar-refractivity contribution in [3.63, 3.8) is 0 Å². The molecule has 1 aromatic carbocycles. The first-order chi connectivity index (χ1) is 10.2. The van der Waals surface area contributed by atoms with Crippen molar-refractivity contribution in [2.45, 2.75) is 6.54 Å². The molecule has 6 nitrogen and oxygen atoms in total. The molecule has 2 aromatic rings. The second-order valence-electron chi connectivity index (χ2n) is 4.49. The number of ether oxygens (including phenoxy) is 2. The third kappa shape index (κ3) is 2.47. The van der Waals surface area contributed by atoms with Crippen LogP contribution in [0.15, 0.2) is 40.8 Å². The second-order valence-corrected chi connectivity index (χ2v) is 4.49. The van der Waals surface area contributed by atoms with Crippen molar-refractivity contribution >= 4 is 17.6 Å². The molecule has 1 aromatic heterocycles. The van der Waals surface area contributed by atoms with Crippen LogP contribution in [0.1, 0.15) is 16.3 Å². The van der Waals surface area contributed by atoms with E-state index in [1.165, 1.54) is 13.2 Å². The van der Waals surface area contributed by atoms with Crippen molar-refractivity contribution in [1.29, 1.82) is 0 Å². The number of esters is 1. The molecule has 0 saturated heterocycles. The van der Waals surface area contributed by atoms with Crippen LogP contribution in [0.5, 0.6) is 5.75 Å². The standard InChI is InChI=1S/C15H13NO5/c1-19-15(18)13-7-6-10(21-13)8-16-11-4-2-3-5-12(11)20-9-14(16)17/h2-7H,8-9H2,1H3. The van der Waals surface area contributed by atoms with Crippen molar-refractivity contribution in [3.05, 3.63) is 47.9 Å². The Bertz CT molecular complexity index is 691. The minimum Gasteiger partial charge on any atom is -0.482 e. The fourth-order valence-corrected chi connectivity index (χ4v) is 2.16. The highest BCUT2D eigenvalue weighted by molar-refractivity contribution is 5.97. The normalized spacial score (nSPS) is 13.6. The van der Waals surface area contributed by atoms with Gasteiger partial charge in [-0.3, -0.25) is 9.69 Å². The minimum atomic E-state index is -0.546. The summed E-state index contributed by atoms with van der Waals surface area (Å²) in [6, 6.07) is 10.5. The molecule has 21 heavy (non-hydrogen) atoms. The summed E-state index contributed by atoms with van der Waals surface area (Å²) < 4.78 is 15.3. The smallest absolute Gasteiger partial charge is 0.373 e. The molecule has 2 heterocycles. The van der Waals surface area contributed by atoms with Crippen LogP contribution >= 0.6 is 0 Å². The van der Waals surface area contributed by atoms with Gasteiger partial charge in [0, 0.05) is 0 Å². The van der Waals surface area contributed by atoms with E-state index >= 15 is 0 Å². The Labute approximate surface area is 120 Å². The maximum Gasteiger partial charge on any atom is 0.373 e.